The van der Waals surface area contributed by atoms with E-state index in [1.807, 2.05) is 0 Å². The topological polar surface area (TPSA) is 0 Å². The van der Waals surface area contributed by atoms with E-state index in [1.165, 1.54) is 18.4 Å². The van der Waals surface area contributed by atoms with Crippen molar-refractivity contribution in [2.45, 2.75) is 33.6 Å². The van der Waals surface area contributed by atoms with Gasteiger partial charge in [-0.05, 0) is 25.7 Å². The lowest BCUT2D eigenvalue weighted by molar-refractivity contribution is 0.585. The highest BCUT2D eigenvalue weighted by Gasteiger charge is 1.91. The Bertz CT molecular complexity index is 70.1. The van der Waals surface area contributed by atoms with Gasteiger partial charge in [-0.1, -0.05) is 19.4 Å². The van der Waals surface area contributed by atoms with Crippen LogP contribution in [0.25, 0.3) is 0 Å². The van der Waals surface area contributed by atoms with E-state index < -0.39 is 0 Å². The largest absolute Gasteiger partial charge is 0.100 e. The summed E-state index contributed by atoms with van der Waals surface area (Å²) in [5.41, 5.74) is 1.30. The van der Waals surface area contributed by atoms with E-state index in [1.54, 1.807) is 0 Å². The lowest BCUT2D eigenvalue weighted by Gasteiger charge is -2.01. The molecule has 48 valence electrons. The maximum absolute atomic E-state index is 3.83. The van der Waals surface area contributed by atoms with Crippen LogP contribution in [-0.4, -0.2) is 0 Å². The summed E-state index contributed by atoms with van der Waals surface area (Å²) in [4.78, 5) is 0. The van der Waals surface area contributed by atoms with E-state index in [2.05, 4.69) is 27.4 Å². The zero-order valence-corrected chi connectivity index (χ0v) is 6.20. The Morgan fingerprint density at radius 2 is 2.00 bits per heavy atom. The molecule has 0 aromatic carbocycles. The lowest BCUT2D eigenvalue weighted by Crippen LogP contribution is -1.85. The van der Waals surface area contributed by atoms with Crippen LogP contribution in [0.2, 0.25) is 0 Å². The molecule has 0 bridgehead atoms. The van der Waals surface area contributed by atoms with Crippen LogP contribution in [-0.2, 0) is 0 Å². The molecule has 0 heteroatoms. The Kier molecular flexibility index (Phi) is 3.59. The average molecular weight is 112 g/mol. The molecule has 8 heavy (non-hydrogen) atoms. The molecule has 0 spiro atoms. The molecule has 0 aliphatic heterocycles. The standard InChI is InChI=1S/C8H16/c1-7(2)5-6-8(3)4/h8H,1,5-6H2,2-4H3. The van der Waals surface area contributed by atoms with Gasteiger partial charge in [0.25, 0.3) is 0 Å². The minimum atomic E-state index is 0.826. The summed E-state index contributed by atoms with van der Waals surface area (Å²) < 4.78 is 0. The van der Waals surface area contributed by atoms with Crippen LogP contribution in [0.4, 0.5) is 0 Å². The van der Waals surface area contributed by atoms with Crippen LogP contribution in [0.3, 0.4) is 0 Å². The molecule has 0 aliphatic carbocycles. The summed E-state index contributed by atoms with van der Waals surface area (Å²) in [6.45, 7) is 10.4. The van der Waals surface area contributed by atoms with Crippen molar-refractivity contribution in [1.82, 2.24) is 0 Å². The Balaban J connectivity index is 3.05. The quantitative estimate of drug-likeness (QED) is 0.492. The van der Waals surface area contributed by atoms with Crippen molar-refractivity contribution < 1.29 is 0 Å². The molecule has 0 atom stereocenters. The number of rotatable bonds is 3. The van der Waals surface area contributed by atoms with Gasteiger partial charge in [0.15, 0.2) is 0 Å². The van der Waals surface area contributed by atoms with Crippen molar-refractivity contribution in [1.29, 1.82) is 0 Å². The Labute approximate surface area is 52.6 Å². The molecule has 0 unspecified atom stereocenters. The summed E-state index contributed by atoms with van der Waals surface area (Å²) >= 11 is 0. The van der Waals surface area contributed by atoms with Gasteiger partial charge in [0.1, 0.15) is 0 Å². The Morgan fingerprint density at radius 1 is 1.50 bits per heavy atom. The molecule has 0 aromatic heterocycles. The second kappa shape index (κ2) is 3.71. The molecule has 0 amide bonds. The van der Waals surface area contributed by atoms with Gasteiger partial charge >= 0.3 is 0 Å². The monoisotopic (exact) mass is 112 g/mol. The molecule has 0 radical (unpaired) electrons. The number of hydrogen-bond acceptors (Lipinski definition) is 0. The highest BCUT2D eigenvalue weighted by molar-refractivity contribution is 4.87. The van der Waals surface area contributed by atoms with Gasteiger partial charge in [0.05, 0.1) is 0 Å². The third-order valence-electron chi connectivity index (χ3n) is 1.15. The van der Waals surface area contributed by atoms with Gasteiger partial charge in [-0.3, -0.25) is 0 Å². The zero-order valence-electron chi connectivity index (χ0n) is 6.20. The first-order valence-electron chi connectivity index (χ1n) is 3.27. The zero-order chi connectivity index (χ0) is 6.57. The van der Waals surface area contributed by atoms with Crippen molar-refractivity contribution in [3.05, 3.63) is 12.2 Å². The van der Waals surface area contributed by atoms with Crippen LogP contribution in [0.5, 0.6) is 0 Å². The van der Waals surface area contributed by atoms with Gasteiger partial charge in [0.2, 0.25) is 0 Å². The molecular formula is C8H16. The van der Waals surface area contributed by atoms with Crippen molar-refractivity contribution in [3.8, 4) is 0 Å². The molecule has 0 saturated carbocycles. The maximum atomic E-state index is 3.83. The van der Waals surface area contributed by atoms with Crippen LogP contribution in [0.15, 0.2) is 12.2 Å². The number of allylic oxidation sites excluding steroid dienone is 1. The lowest BCUT2D eigenvalue weighted by atomic mass is 10.1. The average Bonchev–Trinajstić information content (AvgIpc) is 1.61. The predicted octanol–water partition coefficient (Wildman–Crippen LogP) is 3.00. The fraction of sp³-hybridized carbons (Fsp3) is 0.750. The predicted molar refractivity (Wildman–Crippen MR) is 38.9 cm³/mol. The highest BCUT2D eigenvalue weighted by Crippen LogP contribution is 2.07. The molecule has 0 fully saturated rings. The summed E-state index contributed by atoms with van der Waals surface area (Å²) in [5, 5.41) is 0. The summed E-state index contributed by atoms with van der Waals surface area (Å²) in [7, 11) is 0. The van der Waals surface area contributed by atoms with Crippen molar-refractivity contribution in [3.63, 3.8) is 0 Å². The van der Waals surface area contributed by atoms with Crippen LogP contribution < -0.4 is 0 Å². The van der Waals surface area contributed by atoms with Gasteiger partial charge < -0.3 is 0 Å². The smallest absolute Gasteiger partial charge is 0.0323 e. The molecule has 0 aliphatic rings. The van der Waals surface area contributed by atoms with Crippen LogP contribution in [0.1, 0.15) is 33.6 Å². The molecule has 0 heterocycles. The molecule has 0 nitrogen and oxygen atoms in total. The summed E-state index contributed by atoms with van der Waals surface area (Å²) in [6, 6.07) is 0. The number of hydrogen-bond donors (Lipinski definition) is 0. The van der Waals surface area contributed by atoms with E-state index in [-0.39, 0.29) is 0 Å². The van der Waals surface area contributed by atoms with E-state index >= 15 is 0 Å². The maximum Gasteiger partial charge on any atom is -0.0323 e. The first kappa shape index (κ1) is 7.74. The van der Waals surface area contributed by atoms with E-state index in [4.69, 9.17) is 0 Å². The highest BCUT2D eigenvalue weighted by atomic mass is 14.0. The van der Waals surface area contributed by atoms with Gasteiger partial charge in [0, 0.05) is 0 Å². The van der Waals surface area contributed by atoms with Gasteiger partial charge in [-0.2, -0.15) is 0 Å². The minimum absolute atomic E-state index is 0.826. The van der Waals surface area contributed by atoms with Crippen molar-refractivity contribution in [2.75, 3.05) is 0 Å². The van der Waals surface area contributed by atoms with Gasteiger partial charge in [-0.15, -0.1) is 6.58 Å². The minimum Gasteiger partial charge on any atom is -0.100 e. The van der Waals surface area contributed by atoms with Gasteiger partial charge in [-0.25, -0.2) is 0 Å². The fourth-order valence-electron chi connectivity index (χ4n) is 0.535. The van der Waals surface area contributed by atoms with Crippen molar-refractivity contribution in [2.24, 2.45) is 5.92 Å². The molecule has 0 N–H and O–H groups in total. The fourth-order valence-corrected chi connectivity index (χ4v) is 0.535. The normalized spacial score (nSPS) is 10.0. The van der Waals surface area contributed by atoms with Crippen LogP contribution in [0, 0.1) is 5.92 Å². The SMILES string of the molecule is C=C(C)CCC(C)C. The third-order valence-corrected chi connectivity index (χ3v) is 1.15. The summed E-state index contributed by atoms with van der Waals surface area (Å²) in [6.07, 6.45) is 2.48. The second-order valence-corrected chi connectivity index (χ2v) is 2.89. The second-order valence-electron chi connectivity index (χ2n) is 2.89. The Hall–Kier alpha value is -0.260. The molecule has 0 aromatic rings. The molecule has 0 rings (SSSR count). The van der Waals surface area contributed by atoms with E-state index in [0.717, 1.165) is 5.92 Å². The van der Waals surface area contributed by atoms with E-state index in [9.17, 15) is 0 Å². The summed E-state index contributed by atoms with van der Waals surface area (Å²) in [5.74, 6) is 0.826. The van der Waals surface area contributed by atoms with Crippen LogP contribution >= 0.6 is 0 Å². The first-order chi connectivity index (χ1) is 3.63. The molecular weight excluding hydrogens is 96.1 g/mol. The van der Waals surface area contributed by atoms with Crippen molar-refractivity contribution >= 4 is 0 Å². The Morgan fingerprint density at radius 3 is 2.12 bits per heavy atom. The molecule has 0 saturated heterocycles. The van der Waals surface area contributed by atoms with E-state index in [0.29, 0.717) is 0 Å². The third kappa shape index (κ3) is 5.74. The first-order valence-corrected chi connectivity index (χ1v) is 3.27.